The summed E-state index contributed by atoms with van der Waals surface area (Å²) >= 11 is 0. The van der Waals surface area contributed by atoms with Crippen molar-refractivity contribution >= 4 is 5.78 Å². The maximum absolute atomic E-state index is 13.3. The number of rotatable bonds is 10. The van der Waals surface area contributed by atoms with Crippen LogP contribution < -0.4 is 17.0 Å². The highest BCUT2D eigenvalue weighted by Crippen LogP contribution is 2.57. The second-order valence-corrected chi connectivity index (χ2v) is 11.2. The van der Waals surface area contributed by atoms with E-state index in [4.69, 9.17) is 0 Å². The summed E-state index contributed by atoms with van der Waals surface area (Å²) in [6.07, 6.45) is 7.57. The fourth-order valence-corrected chi connectivity index (χ4v) is 6.81. The van der Waals surface area contributed by atoms with Crippen LogP contribution in [0.1, 0.15) is 72.5 Å². The zero-order valence-corrected chi connectivity index (χ0v) is 23.6. The van der Waals surface area contributed by atoms with E-state index < -0.39 is 5.60 Å². The molecule has 3 aliphatic rings. The normalized spacial score (nSPS) is 22.9. The summed E-state index contributed by atoms with van der Waals surface area (Å²) in [6.45, 7) is 5.64. The van der Waals surface area contributed by atoms with Gasteiger partial charge < -0.3 is 26.6 Å². The van der Waals surface area contributed by atoms with Gasteiger partial charge in [0.25, 0.3) is 0 Å². The lowest BCUT2D eigenvalue weighted by molar-refractivity contribution is -0.938. The van der Waals surface area contributed by atoms with Gasteiger partial charge in [0.05, 0.1) is 19.6 Å². The number of benzene rings is 3. The number of quaternary nitrogens is 1. The smallest absolute Gasteiger partial charge is 0.216 e. The Morgan fingerprint density at radius 1 is 0.811 bits per heavy atom. The van der Waals surface area contributed by atoms with Crippen LogP contribution in [-0.4, -0.2) is 41.6 Å². The molecule has 0 aromatic heterocycles. The third-order valence-corrected chi connectivity index (χ3v) is 9.17. The van der Waals surface area contributed by atoms with Gasteiger partial charge in [-0.25, -0.2) is 0 Å². The average molecular weight is 563 g/mol. The molecule has 3 aromatic carbocycles. The first kappa shape index (κ1) is 27.8. The summed E-state index contributed by atoms with van der Waals surface area (Å²) in [5, 5.41) is 12.5. The molecule has 3 aromatic rings. The molecule has 0 spiro atoms. The lowest BCUT2D eigenvalue weighted by Crippen LogP contribution is -3.00. The molecule has 3 aliphatic heterocycles. The molecular weight excluding hydrogens is 522 g/mol. The van der Waals surface area contributed by atoms with Crippen molar-refractivity contribution in [2.75, 3.05) is 26.2 Å². The minimum absolute atomic E-state index is 0. The van der Waals surface area contributed by atoms with Gasteiger partial charge in [-0.3, -0.25) is 4.79 Å². The number of carbonyl (C=O) groups is 1. The summed E-state index contributed by atoms with van der Waals surface area (Å²) in [4.78, 5) is 13.3. The van der Waals surface area contributed by atoms with Crippen molar-refractivity contribution in [1.82, 2.24) is 0 Å². The van der Waals surface area contributed by atoms with Crippen LogP contribution >= 0.6 is 0 Å². The van der Waals surface area contributed by atoms with Crippen LogP contribution in [0.4, 0.5) is 0 Å². The second kappa shape index (κ2) is 11.6. The largest absolute Gasteiger partial charge is 1.00 e. The van der Waals surface area contributed by atoms with Gasteiger partial charge in [0.1, 0.15) is 12.1 Å². The van der Waals surface area contributed by atoms with Crippen LogP contribution in [0, 0.1) is 5.41 Å². The molecule has 1 N–H and O–H groups in total. The SMILES string of the molecule is CCCCCc1ccc(C(=O)C[N+]23CCC(C(O)(c4ccccc4)c4ccccc4)(CC2)CC3)cc1.[Br-]. The molecule has 3 fully saturated rings. The molecule has 0 amide bonds. The molecule has 0 saturated carbocycles. The summed E-state index contributed by atoms with van der Waals surface area (Å²) in [5.41, 5.74) is 2.90. The average Bonchev–Trinajstić information content (AvgIpc) is 2.95. The van der Waals surface area contributed by atoms with E-state index in [-0.39, 0.29) is 28.2 Å². The van der Waals surface area contributed by atoms with E-state index in [1.165, 1.54) is 24.8 Å². The maximum Gasteiger partial charge on any atom is 0.216 e. The van der Waals surface area contributed by atoms with Crippen molar-refractivity contribution in [3.05, 3.63) is 107 Å². The summed E-state index contributed by atoms with van der Waals surface area (Å²) in [5.74, 6) is 0.255. The monoisotopic (exact) mass is 561 g/mol. The molecule has 3 heterocycles. The first-order valence-corrected chi connectivity index (χ1v) is 13.8. The number of hydrogen-bond acceptors (Lipinski definition) is 2. The summed E-state index contributed by atoms with van der Waals surface area (Å²) in [7, 11) is 0. The molecule has 2 bridgehead atoms. The maximum atomic E-state index is 13.3. The Bertz CT molecular complexity index is 1100. The van der Waals surface area contributed by atoms with Gasteiger partial charge in [0, 0.05) is 30.2 Å². The van der Waals surface area contributed by atoms with Gasteiger partial charge >= 0.3 is 0 Å². The van der Waals surface area contributed by atoms with E-state index in [1.54, 1.807) is 0 Å². The van der Waals surface area contributed by atoms with Crippen molar-refractivity contribution in [3.63, 3.8) is 0 Å². The van der Waals surface area contributed by atoms with Gasteiger partial charge in [-0.1, -0.05) is 105 Å². The van der Waals surface area contributed by atoms with Crippen LogP contribution in [-0.2, 0) is 12.0 Å². The van der Waals surface area contributed by atoms with Gasteiger partial charge in [-0.05, 0) is 29.5 Å². The molecule has 0 atom stereocenters. The number of halogens is 1. The number of carbonyl (C=O) groups excluding carboxylic acids is 1. The van der Waals surface area contributed by atoms with Crippen molar-refractivity contribution in [3.8, 4) is 0 Å². The highest BCUT2D eigenvalue weighted by Gasteiger charge is 2.60. The Balaban J connectivity index is 0.00000320. The number of piperidine rings is 3. The number of hydrogen-bond donors (Lipinski definition) is 1. The summed E-state index contributed by atoms with van der Waals surface area (Å²) < 4.78 is 0.860. The van der Waals surface area contributed by atoms with E-state index >= 15 is 0 Å². The second-order valence-electron chi connectivity index (χ2n) is 11.2. The number of aryl methyl sites for hydroxylation is 1. The van der Waals surface area contributed by atoms with Gasteiger partial charge in [0.15, 0.2) is 0 Å². The van der Waals surface area contributed by atoms with Crippen LogP contribution in [0.15, 0.2) is 84.9 Å². The van der Waals surface area contributed by atoms with E-state index in [2.05, 4.69) is 43.3 Å². The number of fused-ring (bicyclic) bond motifs is 3. The third kappa shape index (κ3) is 5.34. The Morgan fingerprint density at radius 3 is 1.81 bits per heavy atom. The molecule has 196 valence electrons. The molecule has 3 saturated heterocycles. The van der Waals surface area contributed by atoms with Crippen molar-refractivity contribution < 1.29 is 31.4 Å². The lowest BCUT2D eigenvalue weighted by Gasteiger charge is -2.59. The van der Waals surface area contributed by atoms with Crippen LogP contribution in [0.25, 0.3) is 0 Å². The Labute approximate surface area is 232 Å². The van der Waals surface area contributed by atoms with Gasteiger partial charge in [-0.15, -0.1) is 0 Å². The van der Waals surface area contributed by atoms with E-state index in [1.807, 2.05) is 48.5 Å². The number of ketones is 1. The minimum Gasteiger partial charge on any atom is -1.00 e. The number of nitrogens with zero attached hydrogens (tertiary/aromatic N) is 1. The van der Waals surface area contributed by atoms with Crippen molar-refractivity contribution in [2.45, 2.75) is 57.5 Å². The quantitative estimate of drug-likeness (QED) is 0.233. The molecule has 3 nitrogen and oxygen atoms in total. The van der Waals surface area contributed by atoms with Crippen LogP contribution in [0.2, 0.25) is 0 Å². The fraction of sp³-hybridized carbons (Fsp3) is 0.424. The molecule has 37 heavy (non-hydrogen) atoms. The Morgan fingerprint density at radius 2 is 1.32 bits per heavy atom. The molecular formula is C33H40BrNO2. The van der Waals surface area contributed by atoms with Crippen molar-refractivity contribution in [2.24, 2.45) is 5.41 Å². The first-order chi connectivity index (χ1) is 17.5. The topological polar surface area (TPSA) is 37.3 Å². The van der Waals surface area contributed by atoms with Gasteiger partial charge in [0.2, 0.25) is 5.78 Å². The third-order valence-electron chi connectivity index (χ3n) is 9.17. The van der Waals surface area contributed by atoms with Gasteiger partial charge in [-0.2, -0.15) is 0 Å². The predicted octanol–water partition coefficient (Wildman–Crippen LogP) is 3.54. The predicted molar refractivity (Wildman–Crippen MR) is 146 cm³/mol. The molecule has 6 rings (SSSR count). The number of aliphatic hydroxyl groups is 1. The molecule has 0 aliphatic carbocycles. The molecule has 0 radical (unpaired) electrons. The summed E-state index contributed by atoms with van der Waals surface area (Å²) in [6, 6.07) is 28.8. The Kier molecular flexibility index (Phi) is 8.73. The van der Waals surface area contributed by atoms with Crippen LogP contribution in [0.5, 0.6) is 0 Å². The Hall–Kier alpha value is -2.27. The molecule has 4 heteroatoms. The molecule has 0 unspecified atom stereocenters. The number of Topliss-reactive ketones (excluding diaryl/α,β-unsaturated/α-hetero) is 1. The lowest BCUT2D eigenvalue weighted by atomic mass is 9.56. The van der Waals surface area contributed by atoms with Crippen molar-refractivity contribution in [1.29, 1.82) is 0 Å². The first-order valence-electron chi connectivity index (χ1n) is 13.8. The number of unbranched alkanes of at least 4 members (excludes halogenated alkanes) is 2. The van der Waals surface area contributed by atoms with E-state index in [9.17, 15) is 9.90 Å². The minimum atomic E-state index is -1.02. The van der Waals surface area contributed by atoms with E-state index in [0.29, 0.717) is 6.54 Å². The van der Waals surface area contributed by atoms with E-state index in [0.717, 1.165) is 66.5 Å². The zero-order chi connectivity index (χ0) is 25.1. The zero-order valence-electron chi connectivity index (χ0n) is 22.0. The van der Waals surface area contributed by atoms with Crippen LogP contribution in [0.3, 0.4) is 0 Å². The highest BCUT2D eigenvalue weighted by atomic mass is 79.9. The highest BCUT2D eigenvalue weighted by molar-refractivity contribution is 5.97. The fourth-order valence-electron chi connectivity index (χ4n) is 6.81. The standard InChI is InChI=1S/C33H40NO2.BrH/c1-2-3-6-11-27-16-18-28(19-17-27)31(35)26-34-23-20-32(21-24-34,22-25-34)33(36,29-12-7-4-8-13-29)30-14-9-5-10-15-30;/h4-5,7-10,12-19,36H,2-3,6,11,20-26H2,1H3;1H/q+1;/p-1.